The summed E-state index contributed by atoms with van der Waals surface area (Å²) in [6.07, 6.45) is 0. The summed E-state index contributed by atoms with van der Waals surface area (Å²) in [5.41, 5.74) is 1.34. The Labute approximate surface area is 144 Å². The van der Waals surface area contributed by atoms with E-state index in [1.807, 2.05) is 0 Å². The monoisotopic (exact) mass is 408 g/mol. The molecule has 0 fully saturated rings. The van der Waals surface area contributed by atoms with Gasteiger partial charge in [-0.3, -0.25) is 10.1 Å². The summed E-state index contributed by atoms with van der Waals surface area (Å²) in [6.45, 7) is 0.347. The Morgan fingerprint density at radius 2 is 1.81 bits per heavy atom. The van der Waals surface area contributed by atoms with Gasteiger partial charge in [-0.2, -0.15) is 0 Å². The van der Waals surface area contributed by atoms with Crippen LogP contribution < -0.4 is 5.32 Å². The molecule has 0 aromatic heterocycles. The summed E-state index contributed by atoms with van der Waals surface area (Å²) < 4.78 is 0.429. The maximum atomic E-state index is 10.9. The second kappa shape index (κ2) is 6.83. The third-order valence-electron chi connectivity index (χ3n) is 2.73. The second-order valence-electron chi connectivity index (χ2n) is 4.11. The van der Waals surface area contributed by atoms with Crippen LogP contribution in [0, 0.1) is 10.1 Å². The predicted octanol–water partition coefficient (Wildman–Crippen LogP) is 5.93. The number of halogens is 4. The van der Waals surface area contributed by atoms with E-state index >= 15 is 0 Å². The lowest BCUT2D eigenvalue weighted by atomic mass is 10.2. The second-order valence-corrected chi connectivity index (χ2v) is 6.12. The van der Waals surface area contributed by atoms with E-state index in [9.17, 15) is 10.1 Å². The lowest BCUT2D eigenvalue weighted by molar-refractivity contribution is -0.385. The maximum absolute atomic E-state index is 10.9. The third kappa shape index (κ3) is 3.80. The van der Waals surface area contributed by atoms with Crippen LogP contribution in [-0.4, -0.2) is 4.92 Å². The van der Waals surface area contributed by atoms with Gasteiger partial charge in [-0.25, -0.2) is 0 Å². The maximum Gasteiger partial charge on any atom is 0.283 e. The molecule has 0 aliphatic rings. The molecular formula is C13H8BrCl3N2O2. The first-order chi connectivity index (χ1) is 9.90. The first-order valence-corrected chi connectivity index (χ1v) is 7.63. The van der Waals surface area contributed by atoms with Gasteiger partial charge in [-0.15, -0.1) is 0 Å². The van der Waals surface area contributed by atoms with Crippen LogP contribution in [0.4, 0.5) is 11.4 Å². The summed E-state index contributed by atoms with van der Waals surface area (Å²) in [7, 11) is 0. The molecule has 0 saturated heterocycles. The number of hydrogen-bond donors (Lipinski definition) is 1. The van der Waals surface area contributed by atoms with Crippen LogP contribution in [0.25, 0.3) is 0 Å². The molecule has 0 unspecified atom stereocenters. The smallest absolute Gasteiger partial charge is 0.283 e. The zero-order valence-corrected chi connectivity index (χ0v) is 14.2. The van der Waals surface area contributed by atoms with Gasteiger partial charge >= 0.3 is 0 Å². The van der Waals surface area contributed by atoms with E-state index in [0.717, 1.165) is 5.56 Å². The molecule has 0 heterocycles. The molecule has 8 heteroatoms. The molecule has 21 heavy (non-hydrogen) atoms. The lowest BCUT2D eigenvalue weighted by Crippen LogP contribution is -2.02. The molecule has 0 atom stereocenters. The van der Waals surface area contributed by atoms with Gasteiger partial charge in [0, 0.05) is 12.6 Å². The zero-order valence-electron chi connectivity index (χ0n) is 10.4. The number of anilines is 1. The average molecular weight is 410 g/mol. The fourth-order valence-corrected chi connectivity index (χ4v) is 2.86. The van der Waals surface area contributed by atoms with Gasteiger partial charge < -0.3 is 5.32 Å². The van der Waals surface area contributed by atoms with E-state index in [-0.39, 0.29) is 5.69 Å². The highest BCUT2D eigenvalue weighted by Crippen LogP contribution is 2.33. The molecule has 1 N–H and O–H groups in total. The minimum atomic E-state index is -0.445. The molecule has 2 rings (SSSR count). The van der Waals surface area contributed by atoms with Crippen LogP contribution in [0.2, 0.25) is 15.1 Å². The summed E-state index contributed by atoms with van der Waals surface area (Å²) in [5.74, 6) is 0. The highest BCUT2D eigenvalue weighted by molar-refractivity contribution is 9.10. The minimum Gasteiger partial charge on any atom is -0.380 e. The van der Waals surface area contributed by atoms with Crippen molar-refractivity contribution in [2.24, 2.45) is 0 Å². The molecule has 0 saturated carbocycles. The fourth-order valence-electron chi connectivity index (χ4n) is 1.69. The van der Waals surface area contributed by atoms with Crippen molar-refractivity contribution in [1.29, 1.82) is 0 Å². The van der Waals surface area contributed by atoms with Gasteiger partial charge in [0.05, 0.1) is 25.7 Å². The van der Waals surface area contributed by atoms with Gasteiger partial charge in [0.15, 0.2) is 0 Å². The van der Waals surface area contributed by atoms with Gasteiger partial charge in [0.2, 0.25) is 0 Å². The molecule has 0 amide bonds. The van der Waals surface area contributed by atoms with Gasteiger partial charge in [-0.1, -0.05) is 46.9 Å². The molecule has 0 aliphatic heterocycles. The molecule has 110 valence electrons. The molecule has 0 radical (unpaired) electrons. The number of hydrogen-bond acceptors (Lipinski definition) is 3. The number of nitro benzene ring substituents is 1. The number of benzene rings is 2. The van der Waals surface area contributed by atoms with Gasteiger partial charge in [-0.05, 0) is 33.6 Å². The number of nitrogens with one attached hydrogen (secondary N) is 1. The minimum absolute atomic E-state index is 0.00883. The van der Waals surface area contributed by atoms with E-state index < -0.39 is 4.92 Å². The van der Waals surface area contributed by atoms with E-state index in [0.29, 0.717) is 31.8 Å². The fraction of sp³-hybridized carbons (Fsp3) is 0.0769. The Morgan fingerprint density at radius 1 is 1.14 bits per heavy atom. The molecule has 4 nitrogen and oxygen atoms in total. The quantitative estimate of drug-likeness (QED) is 0.386. The molecular weight excluding hydrogens is 402 g/mol. The lowest BCUT2D eigenvalue weighted by Gasteiger charge is -2.11. The van der Waals surface area contributed by atoms with Crippen molar-refractivity contribution in [3.05, 3.63) is 65.6 Å². The van der Waals surface area contributed by atoms with Crippen LogP contribution in [0.3, 0.4) is 0 Å². The van der Waals surface area contributed by atoms with Crippen molar-refractivity contribution in [2.75, 3.05) is 5.32 Å². The molecule has 2 aromatic rings. The van der Waals surface area contributed by atoms with Crippen molar-refractivity contribution in [2.45, 2.75) is 6.54 Å². The van der Waals surface area contributed by atoms with Crippen molar-refractivity contribution in [3.8, 4) is 0 Å². The molecule has 2 aromatic carbocycles. The van der Waals surface area contributed by atoms with Crippen molar-refractivity contribution < 1.29 is 4.92 Å². The summed E-state index contributed by atoms with van der Waals surface area (Å²) in [5, 5.41) is 15.1. The highest BCUT2D eigenvalue weighted by Gasteiger charge is 2.15. The van der Waals surface area contributed by atoms with E-state index in [2.05, 4.69) is 21.2 Å². The SMILES string of the molecule is O=[N+]([O-])c1cccc(CNc2cc(Cl)c(Cl)cc2Cl)c1Br. The summed E-state index contributed by atoms with van der Waals surface area (Å²) in [4.78, 5) is 10.4. The normalized spacial score (nSPS) is 10.5. The predicted molar refractivity (Wildman–Crippen MR) is 89.6 cm³/mol. The van der Waals surface area contributed by atoms with Crippen LogP contribution in [0.1, 0.15) is 5.56 Å². The van der Waals surface area contributed by atoms with E-state index in [1.54, 1.807) is 18.2 Å². The van der Waals surface area contributed by atoms with Gasteiger partial charge in [0.1, 0.15) is 4.47 Å². The van der Waals surface area contributed by atoms with Crippen LogP contribution in [0.5, 0.6) is 0 Å². The molecule has 0 spiro atoms. The van der Waals surface area contributed by atoms with Crippen LogP contribution in [-0.2, 0) is 6.54 Å². The topological polar surface area (TPSA) is 55.2 Å². The van der Waals surface area contributed by atoms with Crippen molar-refractivity contribution >= 4 is 62.1 Å². The summed E-state index contributed by atoms with van der Waals surface area (Å²) >= 11 is 21.1. The van der Waals surface area contributed by atoms with Crippen LogP contribution in [0.15, 0.2) is 34.8 Å². The Morgan fingerprint density at radius 3 is 2.48 bits per heavy atom. The molecule has 0 bridgehead atoms. The Balaban J connectivity index is 2.23. The highest BCUT2D eigenvalue weighted by atomic mass is 79.9. The number of rotatable bonds is 4. The Hall–Kier alpha value is -1.01. The van der Waals surface area contributed by atoms with Crippen molar-refractivity contribution in [1.82, 2.24) is 0 Å². The summed E-state index contributed by atoms with van der Waals surface area (Å²) in [6, 6.07) is 7.97. The first-order valence-electron chi connectivity index (χ1n) is 5.70. The van der Waals surface area contributed by atoms with Crippen LogP contribution >= 0.6 is 50.7 Å². The first kappa shape index (κ1) is 16.4. The third-order valence-corrected chi connectivity index (χ3v) is 4.68. The van der Waals surface area contributed by atoms with Gasteiger partial charge in [0.25, 0.3) is 5.69 Å². The van der Waals surface area contributed by atoms with E-state index in [4.69, 9.17) is 34.8 Å². The van der Waals surface area contributed by atoms with E-state index in [1.165, 1.54) is 12.1 Å². The Kier molecular flexibility index (Phi) is 5.32. The number of nitro groups is 1. The largest absolute Gasteiger partial charge is 0.380 e. The van der Waals surface area contributed by atoms with Crippen molar-refractivity contribution in [3.63, 3.8) is 0 Å². The standard InChI is InChI=1S/C13H8BrCl3N2O2/c14-13-7(2-1-3-12(13)19(20)21)6-18-11-5-9(16)8(15)4-10(11)17/h1-5,18H,6H2. The number of nitrogens with zero attached hydrogens (tertiary/aromatic N) is 1. The zero-order chi connectivity index (χ0) is 15.6. The Bertz CT molecular complexity index is 710. The molecule has 0 aliphatic carbocycles. The average Bonchev–Trinajstić information content (AvgIpc) is 2.42.